The Balaban J connectivity index is 1.62. The van der Waals surface area contributed by atoms with E-state index in [9.17, 15) is 4.79 Å². The zero-order valence-electron chi connectivity index (χ0n) is 14.3. The number of rotatable bonds is 2. The fourth-order valence-electron chi connectivity index (χ4n) is 4.11. The molecule has 3 nitrogen and oxygen atoms in total. The molecule has 26 heavy (non-hydrogen) atoms. The summed E-state index contributed by atoms with van der Waals surface area (Å²) in [6.45, 7) is 0.557. The van der Waals surface area contributed by atoms with Gasteiger partial charge in [0.1, 0.15) is 0 Å². The summed E-state index contributed by atoms with van der Waals surface area (Å²) in [5.41, 5.74) is 5.13. The molecule has 2 aliphatic rings. The Morgan fingerprint density at radius 3 is 2.27 bits per heavy atom. The molecular formula is C23H19NO2. The van der Waals surface area contributed by atoms with Crippen molar-refractivity contribution in [1.82, 2.24) is 4.90 Å². The topological polar surface area (TPSA) is 29.5 Å². The Hall–Kier alpha value is -2.91. The van der Waals surface area contributed by atoms with Crippen LogP contribution in [0, 0.1) is 0 Å². The summed E-state index contributed by atoms with van der Waals surface area (Å²) in [7, 11) is 0. The summed E-state index contributed by atoms with van der Waals surface area (Å²) in [6, 6.07) is 26.4. The molecule has 0 radical (unpaired) electrons. The zero-order valence-corrected chi connectivity index (χ0v) is 14.3. The van der Waals surface area contributed by atoms with E-state index in [1.54, 1.807) is 0 Å². The highest BCUT2D eigenvalue weighted by atomic mass is 16.5. The Morgan fingerprint density at radius 1 is 0.808 bits per heavy atom. The lowest BCUT2D eigenvalue weighted by Gasteiger charge is -2.27. The molecular weight excluding hydrogens is 322 g/mol. The molecule has 3 aromatic rings. The monoisotopic (exact) mass is 341 g/mol. The van der Waals surface area contributed by atoms with E-state index in [0.29, 0.717) is 6.61 Å². The van der Waals surface area contributed by atoms with Crippen molar-refractivity contribution in [3.8, 4) is 11.1 Å². The van der Waals surface area contributed by atoms with E-state index in [2.05, 4.69) is 24.3 Å². The van der Waals surface area contributed by atoms with Gasteiger partial charge in [-0.05, 0) is 29.2 Å². The summed E-state index contributed by atoms with van der Waals surface area (Å²) >= 11 is 0. The second-order valence-electron chi connectivity index (χ2n) is 6.87. The molecule has 0 unspecified atom stereocenters. The van der Waals surface area contributed by atoms with Crippen LogP contribution in [0.5, 0.6) is 0 Å². The first-order valence-electron chi connectivity index (χ1n) is 8.99. The van der Waals surface area contributed by atoms with E-state index in [4.69, 9.17) is 4.74 Å². The predicted octanol–water partition coefficient (Wildman–Crippen LogP) is 4.45. The molecule has 0 N–H and O–H groups in total. The molecule has 0 saturated carbocycles. The van der Waals surface area contributed by atoms with Crippen LogP contribution in [0.3, 0.4) is 0 Å². The highest BCUT2D eigenvalue weighted by Crippen LogP contribution is 2.42. The highest BCUT2D eigenvalue weighted by Gasteiger charge is 2.42. The predicted molar refractivity (Wildman–Crippen MR) is 101 cm³/mol. The van der Waals surface area contributed by atoms with Gasteiger partial charge in [0.05, 0.1) is 12.6 Å². The smallest absolute Gasteiger partial charge is 0.257 e. The maximum Gasteiger partial charge on any atom is 0.257 e. The standard InChI is InChI=1S/C23H19NO2/c25-22-20-12-6-4-10-18(20)19-11-5-7-13-21(19)23-24(22)17(15-26-23)14-16-8-2-1-3-9-16/h1-13,17,23H,14-15H2/t17-,23+/m0/s1. The van der Waals surface area contributed by atoms with Crippen molar-refractivity contribution in [2.24, 2.45) is 0 Å². The average molecular weight is 341 g/mol. The average Bonchev–Trinajstić information content (AvgIpc) is 3.07. The van der Waals surface area contributed by atoms with E-state index in [1.807, 2.05) is 59.5 Å². The van der Waals surface area contributed by atoms with Crippen molar-refractivity contribution < 1.29 is 9.53 Å². The van der Waals surface area contributed by atoms with E-state index in [1.165, 1.54) is 5.56 Å². The third-order valence-electron chi connectivity index (χ3n) is 5.32. The van der Waals surface area contributed by atoms with Crippen LogP contribution in [0.1, 0.15) is 27.7 Å². The van der Waals surface area contributed by atoms with Crippen molar-refractivity contribution in [3.05, 3.63) is 95.6 Å². The van der Waals surface area contributed by atoms with Crippen LogP contribution in [0.4, 0.5) is 0 Å². The minimum atomic E-state index is -0.320. The van der Waals surface area contributed by atoms with Crippen LogP contribution < -0.4 is 0 Å². The van der Waals surface area contributed by atoms with E-state index >= 15 is 0 Å². The van der Waals surface area contributed by atoms with Gasteiger partial charge >= 0.3 is 0 Å². The molecule has 5 rings (SSSR count). The second-order valence-corrected chi connectivity index (χ2v) is 6.87. The second kappa shape index (κ2) is 6.11. The fourth-order valence-corrected chi connectivity index (χ4v) is 4.11. The van der Waals surface area contributed by atoms with Crippen LogP contribution >= 0.6 is 0 Å². The lowest BCUT2D eigenvalue weighted by molar-refractivity contribution is 0.0256. The van der Waals surface area contributed by atoms with E-state index in [0.717, 1.165) is 28.7 Å². The number of carbonyl (C=O) groups is 1. The lowest BCUT2D eigenvalue weighted by atomic mass is 9.96. The van der Waals surface area contributed by atoms with Gasteiger partial charge in [0.2, 0.25) is 0 Å². The van der Waals surface area contributed by atoms with Crippen molar-refractivity contribution in [3.63, 3.8) is 0 Å². The maximum atomic E-state index is 13.4. The molecule has 2 atom stereocenters. The molecule has 0 bridgehead atoms. The zero-order chi connectivity index (χ0) is 17.5. The quantitative estimate of drug-likeness (QED) is 0.689. The summed E-state index contributed by atoms with van der Waals surface area (Å²) in [5.74, 6) is 0.0558. The largest absolute Gasteiger partial charge is 0.352 e. The first-order chi connectivity index (χ1) is 12.8. The first-order valence-corrected chi connectivity index (χ1v) is 8.99. The van der Waals surface area contributed by atoms with E-state index in [-0.39, 0.29) is 18.2 Å². The van der Waals surface area contributed by atoms with Gasteiger partial charge in [0.15, 0.2) is 6.23 Å². The van der Waals surface area contributed by atoms with Gasteiger partial charge in [-0.25, -0.2) is 0 Å². The molecule has 0 aromatic heterocycles. The fraction of sp³-hybridized carbons (Fsp3) is 0.174. The van der Waals surface area contributed by atoms with Crippen LogP contribution in [0.25, 0.3) is 11.1 Å². The normalized spacial score (nSPS) is 20.9. The highest BCUT2D eigenvalue weighted by molar-refractivity contribution is 6.03. The van der Waals surface area contributed by atoms with Crippen molar-refractivity contribution >= 4 is 5.91 Å². The van der Waals surface area contributed by atoms with Gasteiger partial charge in [-0.15, -0.1) is 0 Å². The van der Waals surface area contributed by atoms with Crippen molar-refractivity contribution in [2.75, 3.05) is 6.61 Å². The summed E-state index contributed by atoms with van der Waals surface area (Å²) in [5, 5.41) is 0. The van der Waals surface area contributed by atoms with Crippen molar-refractivity contribution in [2.45, 2.75) is 18.7 Å². The molecule has 128 valence electrons. The van der Waals surface area contributed by atoms with Crippen LogP contribution in [-0.2, 0) is 11.2 Å². The Kier molecular flexibility index (Phi) is 3.61. The van der Waals surface area contributed by atoms with Gasteiger partial charge < -0.3 is 9.64 Å². The molecule has 1 saturated heterocycles. The number of hydrogen-bond acceptors (Lipinski definition) is 2. The number of carbonyl (C=O) groups excluding carboxylic acids is 1. The Labute approximate surface area is 152 Å². The van der Waals surface area contributed by atoms with E-state index < -0.39 is 0 Å². The van der Waals surface area contributed by atoms with Crippen LogP contribution in [0.15, 0.2) is 78.9 Å². The van der Waals surface area contributed by atoms with Gasteiger partial charge in [-0.2, -0.15) is 0 Å². The van der Waals surface area contributed by atoms with Crippen molar-refractivity contribution in [1.29, 1.82) is 0 Å². The van der Waals surface area contributed by atoms with Gasteiger partial charge in [0, 0.05) is 11.1 Å². The lowest BCUT2D eigenvalue weighted by Crippen LogP contribution is -2.39. The minimum absolute atomic E-state index is 0.0362. The maximum absolute atomic E-state index is 13.4. The Bertz CT molecular complexity index is 967. The molecule has 3 heteroatoms. The Morgan fingerprint density at radius 2 is 1.46 bits per heavy atom. The van der Waals surface area contributed by atoms with Crippen LogP contribution in [0.2, 0.25) is 0 Å². The number of hydrogen-bond donors (Lipinski definition) is 0. The molecule has 0 spiro atoms. The van der Waals surface area contributed by atoms with Gasteiger partial charge in [-0.3, -0.25) is 4.79 Å². The molecule has 3 aromatic carbocycles. The molecule has 1 amide bonds. The number of fused-ring (bicyclic) bond motifs is 5. The molecule has 0 aliphatic carbocycles. The first kappa shape index (κ1) is 15.4. The van der Waals surface area contributed by atoms with Gasteiger partial charge in [0.25, 0.3) is 5.91 Å². The summed E-state index contributed by atoms with van der Waals surface area (Å²) in [6.07, 6.45) is 0.479. The third kappa shape index (κ3) is 2.36. The molecule has 2 heterocycles. The number of amides is 1. The summed E-state index contributed by atoms with van der Waals surface area (Å²) < 4.78 is 6.15. The number of benzene rings is 3. The molecule has 2 aliphatic heterocycles. The number of nitrogens with zero attached hydrogens (tertiary/aromatic N) is 1. The molecule has 1 fully saturated rings. The third-order valence-corrected chi connectivity index (χ3v) is 5.32. The minimum Gasteiger partial charge on any atom is -0.352 e. The number of ether oxygens (including phenoxy) is 1. The summed E-state index contributed by atoms with van der Waals surface area (Å²) in [4.78, 5) is 15.4. The SMILES string of the molecule is O=C1c2ccccc2-c2ccccc2[C@H]2OC[C@H](Cc3ccccc3)N12. The van der Waals surface area contributed by atoms with Crippen LogP contribution in [-0.4, -0.2) is 23.5 Å². The van der Waals surface area contributed by atoms with Gasteiger partial charge in [-0.1, -0.05) is 72.8 Å².